The molecule has 0 bridgehead atoms. The molecule has 1 heterocycles. The quantitative estimate of drug-likeness (QED) is 0.767. The Hall–Kier alpha value is -1.32. The first-order chi connectivity index (χ1) is 9.70. The molecule has 0 spiro atoms. The predicted molar refractivity (Wildman–Crippen MR) is 85.7 cm³/mol. The molecule has 0 unspecified atom stereocenters. The molecular weight excluding hydrogens is 272 g/mol. The maximum atomic E-state index is 11.7. The zero-order chi connectivity index (χ0) is 14.4. The third kappa shape index (κ3) is 4.09. The molecule has 20 heavy (non-hydrogen) atoms. The number of rotatable bonds is 7. The summed E-state index contributed by atoms with van der Waals surface area (Å²) in [6.45, 7) is 4.29. The third-order valence-electron chi connectivity index (χ3n) is 3.37. The molecular formula is C16H21ClN2O. The molecule has 3 nitrogen and oxygen atoms in total. The minimum absolute atomic E-state index is 0.0566. The number of hydrogen-bond donors (Lipinski definition) is 2. The fourth-order valence-corrected chi connectivity index (χ4v) is 2.55. The molecule has 0 radical (unpaired) electrons. The van der Waals surface area contributed by atoms with Crippen LogP contribution in [0.5, 0.6) is 0 Å². The average molecular weight is 293 g/mol. The number of unbranched alkanes of at least 4 members (excludes halogenated alkanes) is 1. The van der Waals surface area contributed by atoms with Gasteiger partial charge in [0, 0.05) is 16.5 Å². The van der Waals surface area contributed by atoms with E-state index in [1.807, 2.05) is 18.2 Å². The van der Waals surface area contributed by atoms with Crippen molar-refractivity contribution in [2.24, 2.45) is 0 Å². The Morgan fingerprint density at radius 1 is 1.20 bits per heavy atom. The van der Waals surface area contributed by atoms with E-state index in [0.717, 1.165) is 48.8 Å². The van der Waals surface area contributed by atoms with Gasteiger partial charge in [-0.15, -0.1) is 0 Å². The van der Waals surface area contributed by atoms with Crippen molar-refractivity contribution in [3.8, 4) is 0 Å². The Morgan fingerprint density at radius 3 is 2.85 bits per heavy atom. The van der Waals surface area contributed by atoms with Gasteiger partial charge in [0.1, 0.15) is 0 Å². The van der Waals surface area contributed by atoms with Crippen LogP contribution < -0.4 is 10.9 Å². The fourth-order valence-electron chi connectivity index (χ4n) is 2.38. The van der Waals surface area contributed by atoms with Gasteiger partial charge in [-0.1, -0.05) is 24.6 Å². The second-order valence-corrected chi connectivity index (χ2v) is 5.49. The lowest BCUT2D eigenvalue weighted by Crippen LogP contribution is -2.16. The van der Waals surface area contributed by atoms with Crippen LogP contribution in [0, 0.1) is 0 Å². The summed E-state index contributed by atoms with van der Waals surface area (Å²) >= 11 is 5.97. The zero-order valence-electron chi connectivity index (χ0n) is 11.8. The SMILES string of the molecule is CCCNCCCCc1cc(=O)[nH]c2cc(Cl)ccc12. The van der Waals surface area contributed by atoms with Crippen LogP contribution in [0.3, 0.4) is 0 Å². The van der Waals surface area contributed by atoms with Gasteiger partial charge in [-0.05, 0) is 56.5 Å². The molecule has 0 fully saturated rings. The highest BCUT2D eigenvalue weighted by atomic mass is 35.5. The molecule has 0 saturated carbocycles. The summed E-state index contributed by atoms with van der Waals surface area (Å²) in [6.07, 6.45) is 4.30. The lowest BCUT2D eigenvalue weighted by atomic mass is 10.0. The summed E-state index contributed by atoms with van der Waals surface area (Å²) in [5, 5.41) is 5.13. The van der Waals surface area contributed by atoms with Gasteiger partial charge < -0.3 is 10.3 Å². The highest BCUT2D eigenvalue weighted by Gasteiger charge is 2.04. The number of benzene rings is 1. The second kappa shape index (κ2) is 7.46. The molecule has 0 saturated heterocycles. The van der Waals surface area contributed by atoms with Crippen LogP contribution in [0.25, 0.3) is 10.9 Å². The maximum Gasteiger partial charge on any atom is 0.248 e. The highest BCUT2D eigenvalue weighted by molar-refractivity contribution is 6.31. The minimum Gasteiger partial charge on any atom is -0.322 e. The van der Waals surface area contributed by atoms with Crippen LogP contribution >= 0.6 is 11.6 Å². The van der Waals surface area contributed by atoms with Crippen molar-refractivity contribution in [2.75, 3.05) is 13.1 Å². The Bertz CT molecular complexity index is 621. The molecule has 2 N–H and O–H groups in total. The number of pyridine rings is 1. The summed E-state index contributed by atoms with van der Waals surface area (Å²) < 4.78 is 0. The molecule has 0 aliphatic carbocycles. The molecule has 2 rings (SSSR count). The van der Waals surface area contributed by atoms with Crippen LogP contribution in [-0.2, 0) is 6.42 Å². The molecule has 1 aromatic heterocycles. The monoisotopic (exact) mass is 292 g/mol. The Kier molecular flexibility index (Phi) is 5.62. The fraction of sp³-hybridized carbons (Fsp3) is 0.438. The third-order valence-corrected chi connectivity index (χ3v) is 3.60. The van der Waals surface area contributed by atoms with Crippen LogP contribution in [0.4, 0.5) is 0 Å². The van der Waals surface area contributed by atoms with E-state index in [1.54, 1.807) is 6.07 Å². The molecule has 0 aliphatic rings. The summed E-state index contributed by atoms with van der Waals surface area (Å²) in [6, 6.07) is 7.37. The summed E-state index contributed by atoms with van der Waals surface area (Å²) in [5.41, 5.74) is 1.87. The summed E-state index contributed by atoms with van der Waals surface area (Å²) in [4.78, 5) is 14.5. The molecule has 4 heteroatoms. The van der Waals surface area contributed by atoms with Crippen molar-refractivity contribution < 1.29 is 0 Å². The largest absolute Gasteiger partial charge is 0.322 e. The van der Waals surface area contributed by atoms with E-state index in [4.69, 9.17) is 11.6 Å². The Balaban J connectivity index is 2.04. The van der Waals surface area contributed by atoms with Crippen molar-refractivity contribution in [1.29, 1.82) is 0 Å². The number of H-pyrrole nitrogens is 1. The lowest BCUT2D eigenvalue weighted by Gasteiger charge is -2.07. The number of aryl methyl sites for hydroxylation is 1. The van der Waals surface area contributed by atoms with E-state index in [0.29, 0.717) is 5.02 Å². The number of nitrogens with one attached hydrogen (secondary N) is 2. The van der Waals surface area contributed by atoms with E-state index in [-0.39, 0.29) is 5.56 Å². The van der Waals surface area contributed by atoms with Crippen molar-refractivity contribution in [3.63, 3.8) is 0 Å². The number of fused-ring (bicyclic) bond motifs is 1. The zero-order valence-corrected chi connectivity index (χ0v) is 12.6. The van der Waals surface area contributed by atoms with Crippen molar-refractivity contribution in [1.82, 2.24) is 10.3 Å². The normalized spacial score (nSPS) is 11.1. The maximum absolute atomic E-state index is 11.7. The van der Waals surface area contributed by atoms with Gasteiger partial charge in [0.05, 0.1) is 5.52 Å². The van der Waals surface area contributed by atoms with Gasteiger partial charge in [0.15, 0.2) is 0 Å². The molecule has 0 atom stereocenters. The van der Waals surface area contributed by atoms with Crippen LogP contribution in [0.2, 0.25) is 5.02 Å². The average Bonchev–Trinajstić information content (AvgIpc) is 2.41. The number of aromatic amines is 1. The first-order valence-corrected chi connectivity index (χ1v) is 7.60. The van der Waals surface area contributed by atoms with E-state index >= 15 is 0 Å². The van der Waals surface area contributed by atoms with Crippen molar-refractivity contribution in [2.45, 2.75) is 32.6 Å². The number of aromatic nitrogens is 1. The minimum atomic E-state index is -0.0566. The van der Waals surface area contributed by atoms with E-state index < -0.39 is 0 Å². The Morgan fingerprint density at radius 2 is 2.05 bits per heavy atom. The molecule has 108 valence electrons. The summed E-state index contributed by atoms with van der Waals surface area (Å²) in [7, 11) is 0. The van der Waals surface area contributed by atoms with E-state index in [9.17, 15) is 4.79 Å². The van der Waals surface area contributed by atoms with Gasteiger partial charge in [-0.3, -0.25) is 4.79 Å². The first-order valence-electron chi connectivity index (χ1n) is 7.23. The lowest BCUT2D eigenvalue weighted by molar-refractivity contribution is 0.617. The smallest absolute Gasteiger partial charge is 0.248 e. The van der Waals surface area contributed by atoms with Crippen LogP contribution in [-0.4, -0.2) is 18.1 Å². The van der Waals surface area contributed by atoms with E-state index in [1.165, 1.54) is 6.42 Å². The van der Waals surface area contributed by atoms with Gasteiger partial charge in [0.2, 0.25) is 5.56 Å². The van der Waals surface area contributed by atoms with Crippen LogP contribution in [0.15, 0.2) is 29.1 Å². The summed E-state index contributed by atoms with van der Waals surface area (Å²) in [5.74, 6) is 0. The van der Waals surface area contributed by atoms with Gasteiger partial charge in [-0.25, -0.2) is 0 Å². The van der Waals surface area contributed by atoms with Gasteiger partial charge in [0.25, 0.3) is 0 Å². The van der Waals surface area contributed by atoms with Crippen LogP contribution in [0.1, 0.15) is 31.7 Å². The van der Waals surface area contributed by atoms with E-state index in [2.05, 4.69) is 17.2 Å². The standard InChI is InChI=1S/C16H21ClN2O/c1-2-8-18-9-4-3-5-12-10-16(20)19-15-11-13(17)6-7-14(12)15/h6-7,10-11,18H,2-5,8-9H2,1H3,(H,19,20). The molecule has 1 aromatic carbocycles. The molecule has 0 amide bonds. The van der Waals surface area contributed by atoms with Crippen molar-refractivity contribution >= 4 is 22.5 Å². The Labute approximate surface area is 124 Å². The topological polar surface area (TPSA) is 44.9 Å². The first kappa shape index (κ1) is 15.1. The molecule has 2 aromatic rings. The van der Waals surface area contributed by atoms with Gasteiger partial charge in [-0.2, -0.15) is 0 Å². The molecule has 0 aliphatic heterocycles. The second-order valence-electron chi connectivity index (χ2n) is 5.06. The van der Waals surface area contributed by atoms with Gasteiger partial charge >= 0.3 is 0 Å². The predicted octanol–water partition coefficient (Wildman–Crippen LogP) is 3.50. The highest BCUT2D eigenvalue weighted by Crippen LogP contribution is 2.20. The number of halogens is 1. The van der Waals surface area contributed by atoms with Crippen molar-refractivity contribution in [3.05, 3.63) is 45.2 Å². The number of hydrogen-bond acceptors (Lipinski definition) is 2.